The molecule has 1 aromatic rings. The average molecular weight is 434 g/mol. The lowest BCUT2D eigenvalue weighted by atomic mass is 9.99. The summed E-state index contributed by atoms with van der Waals surface area (Å²) in [6.07, 6.45) is -1.93. The first-order chi connectivity index (χ1) is 13.5. The molecule has 1 atom stereocenters. The van der Waals surface area contributed by atoms with Gasteiger partial charge in [-0.1, -0.05) is 12.1 Å². The Morgan fingerprint density at radius 1 is 1.28 bits per heavy atom. The second-order valence-electron chi connectivity index (χ2n) is 7.63. The molecule has 1 aromatic carbocycles. The molecule has 1 fully saturated rings. The molecule has 0 spiro atoms. The number of benzene rings is 1. The van der Waals surface area contributed by atoms with Gasteiger partial charge in [-0.2, -0.15) is 17.5 Å². The van der Waals surface area contributed by atoms with Crippen LogP contribution in [0.3, 0.4) is 0 Å². The fourth-order valence-corrected chi connectivity index (χ4v) is 4.66. The third-order valence-electron chi connectivity index (χ3n) is 5.27. The molecular weight excluding hydrogens is 409 g/mol. The zero-order valence-electron chi connectivity index (χ0n) is 16.1. The number of hydrogen-bond acceptors (Lipinski definition) is 4. The lowest BCUT2D eigenvalue weighted by molar-refractivity contribution is -0.143. The lowest BCUT2D eigenvalue weighted by Gasteiger charge is -2.28. The molecular formula is C18H25F3N4O3S. The molecule has 29 heavy (non-hydrogen) atoms. The highest BCUT2D eigenvalue weighted by molar-refractivity contribution is 7.88. The van der Waals surface area contributed by atoms with Gasteiger partial charge in [0.05, 0.1) is 12.8 Å². The van der Waals surface area contributed by atoms with E-state index >= 15 is 0 Å². The molecule has 0 aliphatic carbocycles. The van der Waals surface area contributed by atoms with Crippen LogP contribution in [0.15, 0.2) is 18.2 Å². The van der Waals surface area contributed by atoms with Gasteiger partial charge in [0.1, 0.15) is 0 Å². The maximum atomic E-state index is 12.5. The van der Waals surface area contributed by atoms with E-state index in [4.69, 9.17) is 0 Å². The number of rotatable bonds is 5. The molecule has 0 radical (unpaired) electrons. The normalized spacial score (nSPS) is 21.0. The Balaban J connectivity index is 1.52. The zero-order chi connectivity index (χ0) is 21.2. The summed E-state index contributed by atoms with van der Waals surface area (Å²) in [5.74, 6) is -0.0175. The third-order valence-corrected chi connectivity index (χ3v) is 6.52. The van der Waals surface area contributed by atoms with Gasteiger partial charge >= 0.3 is 12.2 Å². The fourth-order valence-electron chi connectivity index (χ4n) is 3.86. The number of fused-ring (bicyclic) bond motifs is 1. The Bertz CT molecular complexity index is 860. The molecule has 3 rings (SSSR count). The highest BCUT2D eigenvalue weighted by Crippen LogP contribution is 2.27. The average Bonchev–Trinajstić information content (AvgIpc) is 3.04. The summed E-state index contributed by atoms with van der Waals surface area (Å²) in [6, 6.07) is 4.93. The number of hydrogen-bond donors (Lipinski definition) is 2. The van der Waals surface area contributed by atoms with Crippen molar-refractivity contribution in [2.24, 2.45) is 5.92 Å². The van der Waals surface area contributed by atoms with E-state index in [1.165, 1.54) is 15.5 Å². The number of nitrogens with one attached hydrogen (secondary N) is 2. The van der Waals surface area contributed by atoms with E-state index in [9.17, 15) is 26.4 Å². The molecule has 11 heteroatoms. The summed E-state index contributed by atoms with van der Waals surface area (Å²) in [5.41, 5.74) is 2.37. The molecule has 0 saturated carbocycles. The van der Waals surface area contributed by atoms with Gasteiger partial charge < -0.3 is 10.6 Å². The number of sulfonamides is 1. The Kier molecular flexibility index (Phi) is 6.39. The zero-order valence-corrected chi connectivity index (χ0v) is 16.9. The van der Waals surface area contributed by atoms with Crippen LogP contribution < -0.4 is 10.6 Å². The Hall–Kier alpha value is -1.85. The van der Waals surface area contributed by atoms with Crippen molar-refractivity contribution in [2.75, 3.05) is 44.3 Å². The number of likely N-dealkylation sites (tertiary alicyclic amines) is 1. The number of anilines is 1. The monoisotopic (exact) mass is 434 g/mol. The van der Waals surface area contributed by atoms with Crippen LogP contribution in [0.5, 0.6) is 0 Å². The molecule has 2 N–H and O–H groups in total. The lowest BCUT2D eigenvalue weighted by Crippen LogP contribution is -2.37. The first-order valence-electron chi connectivity index (χ1n) is 9.41. The van der Waals surface area contributed by atoms with E-state index in [0.717, 1.165) is 11.1 Å². The SMILES string of the molecule is CS(=O)(=O)N1CCc2c(cccc2NC(=O)NCC2CCN(CC(F)(F)F)C2)C1. The van der Waals surface area contributed by atoms with Gasteiger partial charge in [0.2, 0.25) is 10.0 Å². The second kappa shape index (κ2) is 8.49. The predicted octanol–water partition coefficient (Wildman–Crippen LogP) is 2.01. The van der Waals surface area contributed by atoms with Crippen molar-refractivity contribution in [1.82, 2.24) is 14.5 Å². The predicted molar refractivity (Wildman–Crippen MR) is 103 cm³/mol. The molecule has 1 saturated heterocycles. The number of urea groups is 1. The van der Waals surface area contributed by atoms with E-state index in [0.29, 0.717) is 44.7 Å². The van der Waals surface area contributed by atoms with Crippen molar-refractivity contribution in [3.63, 3.8) is 0 Å². The molecule has 0 bridgehead atoms. The summed E-state index contributed by atoms with van der Waals surface area (Å²) in [6.45, 7) is 0.678. The summed E-state index contributed by atoms with van der Waals surface area (Å²) in [7, 11) is -3.28. The smallest absolute Gasteiger partial charge is 0.338 e. The van der Waals surface area contributed by atoms with Crippen LogP contribution in [0.4, 0.5) is 23.7 Å². The van der Waals surface area contributed by atoms with Gasteiger partial charge in [0, 0.05) is 31.9 Å². The second-order valence-corrected chi connectivity index (χ2v) is 9.61. The van der Waals surface area contributed by atoms with Crippen molar-refractivity contribution in [3.05, 3.63) is 29.3 Å². The quantitative estimate of drug-likeness (QED) is 0.743. The van der Waals surface area contributed by atoms with E-state index in [2.05, 4.69) is 10.6 Å². The van der Waals surface area contributed by atoms with E-state index < -0.39 is 28.8 Å². The molecule has 1 unspecified atom stereocenters. The highest BCUT2D eigenvalue weighted by Gasteiger charge is 2.34. The van der Waals surface area contributed by atoms with Crippen molar-refractivity contribution < 1.29 is 26.4 Å². The van der Waals surface area contributed by atoms with Crippen LogP contribution in [0.2, 0.25) is 0 Å². The van der Waals surface area contributed by atoms with E-state index in [1.54, 1.807) is 12.1 Å². The largest absolute Gasteiger partial charge is 0.401 e. The first-order valence-corrected chi connectivity index (χ1v) is 11.3. The van der Waals surface area contributed by atoms with Crippen LogP contribution >= 0.6 is 0 Å². The van der Waals surface area contributed by atoms with Gasteiger partial charge in [0.25, 0.3) is 0 Å². The van der Waals surface area contributed by atoms with Crippen molar-refractivity contribution in [2.45, 2.75) is 25.6 Å². The minimum absolute atomic E-state index is 0.0175. The van der Waals surface area contributed by atoms with E-state index in [-0.39, 0.29) is 12.5 Å². The minimum atomic E-state index is -4.21. The standard InChI is InChI=1S/C18H25F3N4O3S/c1-29(27,28)25-8-6-15-14(11-25)3-2-4-16(15)23-17(26)22-9-13-5-7-24(10-13)12-18(19,20)21/h2-4,13H,5-12H2,1H3,(H2,22,23,26). The summed E-state index contributed by atoms with van der Waals surface area (Å²) < 4.78 is 62.3. The van der Waals surface area contributed by atoms with Gasteiger partial charge in [-0.3, -0.25) is 4.90 Å². The molecule has 7 nitrogen and oxygen atoms in total. The number of carbonyl (C=O) groups is 1. The maximum Gasteiger partial charge on any atom is 0.401 e. The van der Waals surface area contributed by atoms with Crippen LogP contribution in [0.1, 0.15) is 17.5 Å². The molecule has 2 amide bonds. The fraction of sp³-hybridized carbons (Fsp3) is 0.611. The molecule has 162 valence electrons. The number of alkyl halides is 3. The van der Waals surface area contributed by atoms with Crippen LogP contribution in [-0.2, 0) is 23.0 Å². The van der Waals surface area contributed by atoms with Crippen LogP contribution in [0.25, 0.3) is 0 Å². The van der Waals surface area contributed by atoms with Gasteiger partial charge in [-0.05, 0) is 42.5 Å². The van der Waals surface area contributed by atoms with Gasteiger partial charge in [0.15, 0.2) is 0 Å². The molecule has 2 heterocycles. The Labute approximate surface area is 168 Å². The summed E-state index contributed by atoms with van der Waals surface area (Å²) >= 11 is 0. The van der Waals surface area contributed by atoms with Crippen LogP contribution in [0, 0.1) is 5.92 Å². The summed E-state index contributed by atoms with van der Waals surface area (Å²) in [4.78, 5) is 13.6. The highest BCUT2D eigenvalue weighted by atomic mass is 32.2. The number of carbonyl (C=O) groups excluding carboxylic acids is 1. The van der Waals surface area contributed by atoms with Crippen molar-refractivity contribution >= 4 is 21.7 Å². The van der Waals surface area contributed by atoms with E-state index in [1.807, 2.05) is 6.07 Å². The van der Waals surface area contributed by atoms with Crippen molar-refractivity contribution in [1.29, 1.82) is 0 Å². The third kappa shape index (κ3) is 6.06. The Morgan fingerprint density at radius 2 is 2.03 bits per heavy atom. The minimum Gasteiger partial charge on any atom is -0.338 e. The van der Waals surface area contributed by atoms with Crippen molar-refractivity contribution in [3.8, 4) is 0 Å². The number of amides is 2. The molecule has 0 aromatic heterocycles. The van der Waals surface area contributed by atoms with Crippen LogP contribution in [-0.4, -0.2) is 68.8 Å². The maximum absolute atomic E-state index is 12.5. The van der Waals surface area contributed by atoms with Gasteiger partial charge in [-0.25, -0.2) is 13.2 Å². The first kappa shape index (κ1) is 21.8. The van der Waals surface area contributed by atoms with Gasteiger partial charge in [-0.15, -0.1) is 0 Å². The topological polar surface area (TPSA) is 81.8 Å². The Morgan fingerprint density at radius 3 is 2.72 bits per heavy atom. The number of halogens is 3. The summed E-state index contributed by atoms with van der Waals surface area (Å²) in [5, 5.41) is 5.52. The molecule has 2 aliphatic rings. The molecule has 2 aliphatic heterocycles. The number of nitrogens with zero attached hydrogens (tertiary/aromatic N) is 2.